The fraction of sp³-hybridized carbons (Fsp3) is 1.00. The summed E-state index contributed by atoms with van der Waals surface area (Å²) in [5.41, 5.74) is 4.52. The fourth-order valence-corrected chi connectivity index (χ4v) is 1.30. The molecular formula is C7H13F2NO2. The molecule has 0 amide bonds. The summed E-state index contributed by atoms with van der Waals surface area (Å²) >= 11 is 0. The molecule has 0 aliphatic carbocycles. The average molecular weight is 181 g/mol. The Balaban J connectivity index is 2.48. The Morgan fingerprint density at radius 2 is 2.00 bits per heavy atom. The number of nitrogens with two attached hydrogens (primary N) is 1. The highest BCUT2D eigenvalue weighted by molar-refractivity contribution is 4.84. The maximum absolute atomic E-state index is 11.9. The van der Waals surface area contributed by atoms with Crippen LogP contribution in [-0.4, -0.2) is 32.0 Å². The minimum atomic E-state index is -2.74. The standard InChI is InChI=1S/C7H13F2NO2/c8-6(9)12-7(5-10)1-3-11-4-2-7/h6H,1-5,10H2. The number of hydrogen-bond acceptors (Lipinski definition) is 3. The predicted octanol–water partition coefficient (Wildman–Crippen LogP) is 0.734. The molecule has 0 aromatic rings. The second-order valence-electron chi connectivity index (χ2n) is 2.88. The first kappa shape index (κ1) is 9.83. The maximum atomic E-state index is 11.9. The summed E-state index contributed by atoms with van der Waals surface area (Å²) in [6.07, 6.45) is 0.904. The molecule has 0 bridgehead atoms. The van der Waals surface area contributed by atoms with Gasteiger partial charge in [-0.05, 0) is 0 Å². The van der Waals surface area contributed by atoms with E-state index in [1.807, 2.05) is 0 Å². The SMILES string of the molecule is NCC1(OC(F)F)CCOCC1. The Bertz CT molecular complexity index is 137. The molecule has 0 spiro atoms. The quantitative estimate of drug-likeness (QED) is 0.698. The molecule has 1 aliphatic rings. The van der Waals surface area contributed by atoms with Crippen molar-refractivity contribution in [2.75, 3.05) is 19.8 Å². The van der Waals surface area contributed by atoms with Crippen LogP contribution in [0.3, 0.4) is 0 Å². The third-order valence-corrected chi connectivity index (χ3v) is 2.12. The molecule has 12 heavy (non-hydrogen) atoms. The zero-order chi connectivity index (χ0) is 9.03. The highest BCUT2D eigenvalue weighted by Crippen LogP contribution is 2.26. The number of ether oxygens (including phenoxy) is 2. The number of hydrogen-bond donors (Lipinski definition) is 1. The molecule has 0 aromatic carbocycles. The lowest BCUT2D eigenvalue weighted by Crippen LogP contribution is -2.46. The molecule has 1 aliphatic heterocycles. The second kappa shape index (κ2) is 4.11. The van der Waals surface area contributed by atoms with Crippen LogP contribution in [0.2, 0.25) is 0 Å². The Hall–Kier alpha value is -0.260. The van der Waals surface area contributed by atoms with Gasteiger partial charge < -0.3 is 15.2 Å². The van der Waals surface area contributed by atoms with E-state index in [1.165, 1.54) is 0 Å². The van der Waals surface area contributed by atoms with E-state index in [1.54, 1.807) is 0 Å². The van der Waals surface area contributed by atoms with E-state index >= 15 is 0 Å². The van der Waals surface area contributed by atoms with Crippen LogP contribution in [0, 0.1) is 0 Å². The molecule has 1 saturated heterocycles. The predicted molar refractivity (Wildman–Crippen MR) is 38.9 cm³/mol. The van der Waals surface area contributed by atoms with Crippen LogP contribution in [0.1, 0.15) is 12.8 Å². The topological polar surface area (TPSA) is 44.5 Å². The number of alkyl halides is 2. The molecule has 0 radical (unpaired) electrons. The lowest BCUT2D eigenvalue weighted by Gasteiger charge is -2.35. The molecule has 0 unspecified atom stereocenters. The van der Waals surface area contributed by atoms with Crippen molar-refractivity contribution in [3.8, 4) is 0 Å². The van der Waals surface area contributed by atoms with E-state index in [9.17, 15) is 8.78 Å². The zero-order valence-corrected chi connectivity index (χ0v) is 6.76. The largest absolute Gasteiger partial charge is 0.381 e. The summed E-state index contributed by atoms with van der Waals surface area (Å²) in [7, 11) is 0. The number of rotatable bonds is 3. The molecular weight excluding hydrogens is 168 g/mol. The average Bonchev–Trinajstić information content (AvgIpc) is 2.05. The first-order valence-electron chi connectivity index (χ1n) is 3.92. The van der Waals surface area contributed by atoms with Crippen LogP contribution in [0.5, 0.6) is 0 Å². The summed E-state index contributed by atoms with van der Waals surface area (Å²) in [5.74, 6) is 0. The van der Waals surface area contributed by atoms with E-state index in [-0.39, 0.29) is 6.54 Å². The second-order valence-corrected chi connectivity index (χ2v) is 2.88. The van der Waals surface area contributed by atoms with Gasteiger partial charge in [-0.15, -0.1) is 0 Å². The molecule has 72 valence electrons. The van der Waals surface area contributed by atoms with Gasteiger partial charge in [-0.25, -0.2) is 0 Å². The van der Waals surface area contributed by atoms with Gasteiger partial charge in [0.25, 0.3) is 0 Å². The minimum absolute atomic E-state index is 0.126. The van der Waals surface area contributed by atoms with Crippen LogP contribution in [0.25, 0.3) is 0 Å². The van der Waals surface area contributed by atoms with Gasteiger partial charge in [0.05, 0.1) is 5.60 Å². The zero-order valence-electron chi connectivity index (χ0n) is 6.76. The van der Waals surface area contributed by atoms with Crippen molar-refractivity contribution in [3.63, 3.8) is 0 Å². The van der Waals surface area contributed by atoms with Crippen molar-refractivity contribution >= 4 is 0 Å². The van der Waals surface area contributed by atoms with Crippen molar-refractivity contribution in [1.82, 2.24) is 0 Å². The van der Waals surface area contributed by atoms with Crippen molar-refractivity contribution in [1.29, 1.82) is 0 Å². The van der Waals surface area contributed by atoms with E-state index in [4.69, 9.17) is 10.5 Å². The Morgan fingerprint density at radius 1 is 1.42 bits per heavy atom. The van der Waals surface area contributed by atoms with E-state index < -0.39 is 12.2 Å². The van der Waals surface area contributed by atoms with Gasteiger partial charge in [-0.3, -0.25) is 0 Å². The normalized spacial score (nSPS) is 23.0. The monoisotopic (exact) mass is 181 g/mol. The molecule has 0 saturated carbocycles. The summed E-state index contributed by atoms with van der Waals surface area (Å²) in [4.78, 5) is 0. The lowest BCUT2D eigenvalue weighted by molar-refractivity contribution is -0.226. The van der Waals surface area contributed by atoms with Crippen LogP contribution in [0.15, 0.2) is 0 Å². The molecule has 1 heterocycles. The Labute approximate surface area is 69.8 Å². The molecule has 0 atom stereocenters. The van der Waals surface area contributed by atoms with Gasteiger partial charge in [-0.1, -0.05) is 0 Å². The first-order chi connectivity index (χ1) is 5.68. The van der Waals surface area contributed by atoms with E-state index in [2.05, 4.69) is 4.74 Å². The summed E-state index contributed by atoms with van der Waals surface area (Å²) in [5, 5.41) is 0. The Morgan fingerprint density at radius 3 is 2.42 bits per heavy atom. The highest BCUT2D eigenvalue weighted by Gasteiger charge is 2.34. The molecule has 1 fully saturated rings. The van der Waals surface area contributed by atoms with Gasteiger partial charge >= 0.3 is 6.61 Å². The summed E-state index contributed by atoms with van der Waals surface area (Å²) in [6.45, 7) is -1.72. The molecule has 1 rings (SSSR count). The fourth-order valence-electron chi connectivity index (χ4n) is 1.30. The maximum Gasteiger partial charge on any atom is 0.345 e. The third kappa shape index (κ3) is 2.36. The van der Waals surface area contributed by atoms with Crippen LogP contribution in [0.4, 0.5) is 8.78 Å². The summed E-state index contributed by atoms with van der Waals surface area (Å²) < 4.78 is 33.4. The van der Waals surface area contributed by atoms with E-state index in [0.29, 0.717) is 26.1 Å². The number of halogens is 2. The summed E-state index contributed by atoms with van der Waals surface area (Å²) in [6, 6.07) is 0. The smallest absolute Gasteiger partial charge is 0.345 e. The molecule has 5 heteroatoms. The van der Waals surface area contributed by atoms with Crippen LogP contribution < -0.4 is 5.73 Å². The third-order valence-electron chi connectivity index (χ3n) is 2.12. The van der Waals surface area contributed by atoms with Crippen LogP contribution in [-0.2, 0) is 9.47 Å². The Kier molecular flexibility index (Phi) is 3.37. The molecule has 3 nitrogen and oxygen atoms in total. The molecule has 2 N–H and O–H groups in total. The van der Waals surface area contributed by atoms with Gasteiger partial charge in [0, 0.05) is 32.6 Å². The van der Waals surface area contributed by atoms with Crippen molar-refractivity contribution in [2.24, 2.45) is 5.73 Å². The highest BCUT2D eigenvalue weighted by atomic mass is 19.3. The minimum Gasteiger partial charge on any atom is -0.381 e. The van der Waals surface area contributed by atoms with Crippen molar-refractivity contribution < 1.29 is 18.3 Å². The van der Waals surface area contributed by atoms with Gasteiger partial charge in [0.2, 0.25) is 0 Å². The van der Waals surface area contributed by atoms with Crippen molar-refractivity contribution in [2.45, 2.75) is 25.1 Å². The van der Waals surface area contributed by atoms with E-state index in [0.717, 1.165) is 0 Å². The van der Waals surface area contributed by atoms with Gasteiger partial charge in [0.1, 0.15) is 0 Å². The van der Waals surface area contributed by atoms with Gasteiger partial charge in [0.15, 0.2) is 0 Å². The lowest BCUT2D eigenvalue weighted by atomic mass is 9.94. The van der Waals surface area contributed by atoms with Crippen molar-refractivity contribution in [3.05, 3.63) is 0 Å². The first-order valence-corrected chi connectivity index (χ1v) is 3.92. The van der Waals surface area contributed by atoms with Crippen LogP contribution >= 0.6 is 0 Å². The molecule has 0 aromatic heterocycles. The van der Waals surface area contributed by atoms with Gasteiger partial charge in [-0.2, -0.15) is 8.78 Å².